The summed E-state index contributed by atoms with van der Waals surface area (Å²) >= 11 is 7.45. The first-order valence-electron chi connectivity index (χ1n) is 5.02. The minimum absolute atomic E-state index is 0.611. The van der Waals surface area contributed by atoms with Crippen LogP contribution in [0.2, 0.25) is 5.02 Å². The lowest BCUT2D eigenvalue weighted by Gasteiger charge is -2.03. The Hall–Kier alpha value is -1.50. The third-order valence-electron chi connectivity index (χ3n) is 2.16. The van der Waals surface area contributed by atoms with Gasteiger partial charge in [0.25, 0.3) is 0 Å². The van der Waals surface area contributed by atoms with E-state index in [9.17, 15) is 0 Å². The summed E-state index contributed by atoms with van der Waals surface area (Å²) in [7, 11) is 0. The zero-order valence-corrected chi connectivity index (χ0v) is 10.5. The second-order valence-corrected chi connectivity index (χ2v) is 4.79. The van der Waals surface area contributed by atoms with E-state index in [2.05, 4.69) is 11.1 Å². The molecule has 1 aromatic heterocycles. The smallest absolute Gasteiger partial charge is 0.114 e. The molecule has 0 aliphatic heterocycles. The van der Waals surface area contributed by atoms with E-state index in [1.165, 1.54) is 0 Å². The van der Waals surface area contributed by atoms with Gasteiger partial charge in [0.15, 0.2) is 0 Å². The fourth-order valence-corrected chi connectivity index (χ4v) is 2.47. The van der Waals surface area contributed by atoms with Crippen LogP contribution in [0.4, 0.5) is 0 Å². The average molecular weight is 261 g/mol. The fourth-order valence-electron chi connectivity index (χ4n) is 1.37. The van der Waals surface area contributed by atoms with Gasteiger partial charge in [0, 0.05) is 17.0 Å². The number of nitrogens with zero attached hydrogens (tertiary/aromatic N) is 2. The molecule has 0 unspecified atom stereocenters. The van der Waals surface area contributed by atoms with Gasteiger partial charge in [-0.2, -0.15) is 5.26 Å². The third-order valence-corrected chi connectivity index (χ3v) is 3.47. The van der Waals surface area contributed by atoms with Gasteiger partial charge in [0.2, 0.25) is 0 Å². The molecule has 0 saturated heterocycles. The van der Waals surface area contributed by atoms with Crippen molar-refractivity contribution in [1.82, 2.24) is 4.98 Å². The van der Waals surface area contributed by atoms with Crippen molar-refractivity contribution in [3.05, 3.63) is 58.7 Å². The molecule has 2 aromatic rings. The molecule has 2 rings (SSSR count). The molecule has 0 spiro atoms. The summed E-state index contributed by atoms with van der Waals surface area (Å²) in [6.07, 6.45) is 1.70. The summed E-state index contributed by atoms with van der Waals surface area (Å²) < 4.78 is 0. The number of aromatic nitrogens is 1. The maximum atomic E-state index is 8.94. The normalized spacial score (nSPS) is 9.88. The molecule has 0 atom stereocenters. The molecule has 2 nitrogen and oxygen atoms in total. The van der Waals surface area contributed by atoms with Crippen LogP contribution in [0.25, 0.3) is 0 Å². The van der Waals surface area contributed by atoms with Crippen LogP contribution in [0.3, 0.4) is 0 Å². The Kier molecular flexibility index (Phi) is 4.03. The van der Waals surface area contributed by atoms with Gasteiger partial charge in [-0.05, 0) is 29.8 Å². The Labute approximate surface area is 109 Å². The monoisotopic (exact) mass is 260 g/mol. The van der Waals surface area contributed by atoms with Crippen molar-refractivity contribution >= 4 is 23.4 Å². The molecule has 0 aliphatic rings. The maximum Gasteiger partial charge on any atom is 0.114 e. The number of hydrogen-bond acceptors (Lipinski definition) is 3. The predicted octanol–water partition coefficient (Wildman–Crippen LogP) is 3.90. The largest absolute Gasteiger partial charge is 0.249 e. The molecule has 84 valence electrons. The summed E-state index contributed by atoms with van der Waals surface area (Å²) in [6, 6.07) is 13.4. The van der Waals surface area contributed by atoms with Crippen molar-refractivity contribution < 1.29 is 0 Å². The van der Waals surface area contributed by atoms with Gasteiger partial charge >= 0.3 is 0 Å². The minimum Gasteiger partial charge on any atom is -0.249 e. The fraction of sp³-hybridized carbons (Fsp3) is 0.0769. The number of thioether (sulfide) groups is 1. The van der Waals surface area contributed by atoms with Crippen molar-refractivity contribution in [2.75, 3.05) is 0 Å². The summed E-state index contributed by atoms with van der Waals surface area (Å²) in [5.41, 5.74) is 1.73. The first-order chi connectivity index (χ1) is 8.29. The van der Waals surface area contributed by atoms with E-state index >= 15 is 0 Å². The number of hydrogen-bond donors (Lipinski definition) is 0. The van der Waals surface area contributed by atoms with Gasteiger partial charge in [0.1, 0.15) is 11.1 Å². The third kappa shape index (κ3) is 3.23. The topological polar surface area (TPSA) is 36.7 Å². The number of benzene rings is 1. The van der Waals surface area contributed by atoms with Gasteiger partial charge in [-0.15, -0.1) is 11.8 Å². The Morgan fingerprint density at radius 1 is 1.29 bits per heavy atom. The molecular formula is C13H9ClN2S. The van der Waals surface area contributed by atoms with Crippen molar-refractivity contribution in [2.24, 2.45) is 0 Å². The van der Waals surface area contributed by atoms with E-state index < -0.39 is 0 Å². The van der Waals surface area contributed by atoms with Crippen molar-refractivity contribution in [1.29, 1.82) is 5.26 Å². The molecule has 0 saturated carbocycles. The molecule has 0 amide bonds. The highest BCUT2D eigenvalue weighted by Gasteiger charge is 2.03. The van der Waals surface area contributed by atoms with Crippen LogP contribution in [0, 0.1) is 11.3 Å². The summed E-state index contributed by atoms with van der Waals surface area (Å²) in [5, 5.41) is 10.4. The molecule has 0 fully saturated rings. The first kappa shape index (κ1) is 12.0. The standard InChI is InChI=1S/C13H9ClN2S/c14-12-5-1-3-10(7-12)9-17-13-11(8-15)4-2-6-16-13/h1-7H,9H2. The SMILES string of the molecule is N#Cc1cccnc1SCc1cccc(Cl)c1. The second-order valence-electron chi connectivity index (χ2n) is 3.39. The second kappa shape index (κ2) is 5.72. The number of halogens is 1. The highest BCUT2D eigenvalue weighted by atomic mass is 35.5. The number of pyridine rings is 1. The van der Waals surface area contributed by atoms with E-state index in [1.54, 1.807) is 30.1 Å². The van der Waals surface area contributed by atoms with Gasteiger partial charge in [0.05, 0.1) is 5.56 Å². The number of nitriles is 1. The highest BCUT2D eigenvalue weighted by Crippen LogP contribution is 2.24. The van der Waals surface area contributed by atoms with Crippen molar-refractivity contribution in [3.8, 4) is 6.07 Å². The van der Waals surface area contributed by atoms with Crippen LogP contribution in [0.15, 0.2) is 47.6 Å². The first-order valence-corrected chi connectivity index (χ1v) is 6.38. The highest BCUT2D eigenvalue weighted by molar-refractivity contribution is 7.98. The number of rotatable bonds is 3. The maximum absolute atomic E-state index is 8.94. The predicted molar refractivity (Wildman–Crippen MR) is 70.0 cm³/mol. The molecular weight excluding hydrogens is 252 g/mol. The Bertz CT molecular complexity index is 563. The average Bonchev–Trinajstić information content (AvgIpc) is 2.37. The van der Waals surface area contributed by atoms with Gasteiger partial charge in [-0.25, -0.2) is 4.98 Å². The Morgan fingerprint density at radius 3 is 2.94 bits per heavy atom. The van der Waals surface area contributed by atoms with Crippen LogP contribution in [-0.4, -0.2) is 4.98 Å². The Balaban J connectivity index is 2.10. The van der Waals surface area contributed by atoms with E-state index in [0.717, 1.165) is 21.4 Å². The summed E-state index contributed by atoms with van der Waals surface area (Å²) in [6.45, 7) is 0. The summed E-state index contributed by atoms with van der Waals surface area (Å²) in [4.78, 5) is 4.19. The van der Waals surface area contributed by atoms with Crippen molar-refractivity contribution in [3.63, 3.8) is 0 Å². The van der Waals surface area contributed by atoms with Crippen molar-refractivity contribution in [2.45, 2.75) is 10.8 Å². The summed E-state index contributed by atoms with van der Waals surface area (Å²) in [5.74, 6) is 0.756. The van der Waals surface area contributed by atoms with Gasteiger partial charge < -0.3 is 0 Å². The van der Waals surface area contributed by atoms with Gasteiger partial charge in [-0.3, -0.25) is 0 Å². The molecule has 4 heteroatoms. The zero-order chi connectivity index (χ0) is 12.1. The molecule has 1 aromatic carbocycles. The van der Waals surface area contributed by atoms with E-state index in [0.29, 0.717) is 5.56 Å². The molecule has 17 heavy (non-hydrogen) atoms. The van der Waals surface area contributed by atoms with Crippen LogP contribution in [0.1, 0.15) is 11.1 Å². The van der Waals surface area contributed by atoms with Gasteiger partial charge in [-0.1, -0.05) is 23.7 Å². The van der Waals surface area contributed by atoms with Crippen LogP contribution in [-0.2, 0) is 5.75 Å². The molecule has 1 heterocycles. The lowest BCUT2D eigenvalue weighted by molar-refractivity contribution is 1.11. The lowest BCUT2D eigenvalue weighted by Crippen LogP contribution is -1.87. The molecule has 0 N–H and O–H groups in total. The molecule has 0 radical (unpaired) electrons. The molecule has 0 aliphatic carbocycles. The molecule has 0 bridgehead atoms. The van der Waals surface area contributed by atoms with E-state index in [4.69, 9.17) is 16.9 Å². The Morgan fingerprint density at radius 2 is 2.18 bits per heavy atom. The van der Waals surface area contributed by atoms with Crippen LogP contribution in [0.5, 0.6) is 0 Å². The van der Waals surface area contributed by atoms with Crippen LogP contribution < -0.4 is 0 Å². The lowest BCUT2D eigenvalue weighted by atomic mass is 10.2. The quantitative estimate of drug-likeness (QED) is 0.786. The minimum atomic E-state index is 0.611. The zero-order valence-electron chi connectivity index (χ0n) is 8.93. The van der Waals surface area contributed by atoms with E-state index in [-0.39, 0.29) is 0 Å². The van der Waals surface area contributed by atoms with E-state index in [1.807, 2.05) is 24.3 Å². The van der Waals surface area contributed by atoms with Crippen LogP contribution >= 0.6 is 23.4 Å².